The quantitative estimate of drug-likeness (QED) is 0.184. The summed E-state index contributed by atoms with van der Waals surface area (Å²) in [5.74, 6) is -0.962. The van der Waals surface area contributed by atoms with E-state index in [9.17, 15) is 35.5 Å². The summed E-state index contributed by atoms with van der Waals surface area (Å²) in [7, 11) is -9.31. The van der Waals surface area contributed by atoms with Gasteiger partial charge >= 0.3 is 16.5 Å². The molecule has 0 atom stereocenters. The Balaban J connectivity index is 0.000000361. The zero-order chi connectivity index (χ0) is 26.3. The summed E-state index contributed by atoms with van der Waals surface area (Å²) in [6, 6.07) is 27.2. The Kier molecular flexibility index (Phi) is 11.9. The predicted molar refractivity (Wildman–Crippen MR) is 132 cm³/mol. The van der Waals surface area contributed by atoms with Crippen LogP contribution in [0.25, 0.3) is 0 Å². The number of carbonyl (C=O) groups is 2. The molecule has 0 aliphatic heterocycles. The van der Waals surface area contributed by atoms with Crippen LogP contribution in [0, 0.1) is 0 Å². The molecule has 0 spiro atoms. The molecule has 0 aliphatic rings. The topological polar surface area (TPSA) is 180 Å². The minimum atomic E-state index is -4.66. The molecule has 2 N–H and O–H groups in total. The van der Waals surface area contributed by atoms with Gasteiger partial charge in [-0.3, -0.25) is 9.59 Å². The Labute approximate surface area is 229 Å². The number of hydrogen-bond acceptors (Lipinski definition) is 8. The minimum absolute atomic E-state index is 0. The molecule has 0 aromatic heterocycles. The molecular formula is C26H20NiO9S2. The van der Waals surface area contributed by atoms with E-state index in [0.29, 0.717) is 11.1 Å². The van der Waals surface area contributed by atoms with Crippen molar-refractivity contribution < 1.29 is 57.5 Å². The maximum Gasteiger partial charge on any atom is 2.00 e. The first kappa shape index (κ1) is 32.5. The third kappa shape index (κ3) is 8.25. The summed E-state index contributed by atoms with van der Waals surface area (Å²) in [5, 5.41) is 0. The van der Waals surface area contributed by atoms with Crippen molar-refractivity contribution in [2.45, 2.75) is 9.79 Å². The molecule has 0 heterocycles. The molecule has 0 fully saturated rings. The molecule has 9 nitrogen and oxygen atoms in total. The van der Waals surface area contributed by atoms with Gasteiger partial charge in [0.1, 0.15) is 20.2 Å². The number of benzene rings is 4. The zero-order valence-corrected chi connectivity index (χ0v) is 21.9. The molecule has 0 unspecified atom stereocenters. The summed E-state index contributed by atoms with van der Waals surface area (Å²) in [5.41, 5.74) is 0.486. The molecule has 4 rings (SSSR count). The van der Waals surface area contributed by atoms with Crippen LogP contribution in [0.2, 0.25) is 0 Å². The fourth-order valence-electron chi connectivity index (χ4n) is 3.23. The Bertz CT molecular complexity index is 1480. The largest absolute Gasteiger partial charge is 2.00 e. The van der Waals surface area contributed by atoms with Gasteiger partial charge in [-0.1, -0.05) is 84.9 Å². The van der Waals surface area contributed by atoms with E-state index in [2.05, 4.69) is 0 Å². The standard InChI is InChI=1S/2C13H10O4S.Ni.H2O/c2*14-13(10-6-2-1-3-7-10)11-8-4-5-9-12(11)18(15,16)17;;/h2*1-9H,(H,15,16,17);;1H2/q;;+2;/p-2. The van der Waals surface area contributed by atoms with Crippen molar-refractivity contribution >= 4 is 31.8 Å². The maximum atomic E-state index is 12.1. The monoisotopic (exact) mass is 598 g/mol. The average molecular weight is 599 g/mol. The summed E-state index contributed by atoms with van der Waals surface area (Å²) >= 11 is 0. The summed E-state index contributed by atoms with van der Waals surface area (Å²) in [6.45, 7) is 0. The maximum absolute atomic E-state index is 12.1. The number of carbonyl (C=O) groups excluding carboxylic acids is 2. The summed E-state index contributed by atoms with van der Waals surface area (Å²) in [6.07, 6.45) is 0. The molecule has 38 heavy (non-hydrogen) atoms. The Morgan fingerprint density at radius 2 is 0.737 bits per heavy atom. The van der Waals surface area contributed by atoms with Crippen LogP contribution in [0.1, 0.15) is 31.8 Å². The Morgan fingerprint density at radius 3 is 1.03 bits per heavy atom. The van der Waals surface area contributed by atoms with Crippen molar-refractivity contribution in [1.29, 1.82) is 0 Å². The zero-order valence-electron chi connectivity index (χ0n) is 19.3. The van der Waals surface area contributed by atoms with E-state index in [4.69, 9.17) is 0 Å². The molecule has 4 aromatic carbocycles. The fourth-order valence-corrected chi connectivity index (χ4v) is 4.59. The molecule has 4 aromatic rings. The van der Waals surface area contributed by atoms with Gasteiger partial charge < -0.3 is 14.6 Å². The Hall–Kier alpha value is -3.51. The summed E-state index contributed by atoms with van der Waals surface area (Å²) in [4.78, 5) is 23.2. The normalized spacial score (nSPS) is 10.6. The molecule has 0 saturated carbocycles. The molecule has 0 saturated heterocycles. The van der Waals surface area contributed by atoms with Crippen LogP contribution in [0.4, 0.5) is 0 Å². The Morgan fingerprint density at radius 1 is 0.474 bits per heavy atom. The molecule has 0 amide bonds. The molecular weight excluding hydrogens is 579 g/mol. The van der Waals surface area contributed by atoms with Crippen LogP contribution in [-0.2, 0) is 36.7 Å². The number of rotatable bonds is 6. The first-order valence-electron chi connectivity index (χ1n) is 10.3. The first-order valence-corrected chi connectivity index (χ1v) is 13.1. The van der Waals surface area contributed by atoms with E-state index in [1.807, 2.05) is 0 Å². The average Bonchev–Trinajstić information content (AvgIpc) is 2.88. The van der Waals surface area contributed by atoms with E-state index >= 15 is 0 Å². The van der Waals surface area contributed by atoms with Crippen LogP contribution in [0.3, 0.4) is 0 Å². The van der Waals surface area contributed by atoms with E-state index in [-0.39, 0.29) is 33.1 Å². The van der Waals surface area contributed by atoms with Crippen molar-refractivity contribution in [2.24, 2.45) is 0 Å². The van der Waals surface area contributed by atoms with Crippen molar-refractivity contribution in [2.75, 3.05) is 0 Å². The number of hydrogen-bond donors (Lipinski definition) is 0. The van der Waals surface area contributed by atoms with Gasteiger partial charge in [-0.2, -0.15) is 0 Å². The first-order chi connectivity index (χ1) is 17.0. The third-order valence-corrected chi connectivity index (χ3v) is 6.66. The van der Waals surface area contributed by atoms with Crippen LogP contribution < -0.4 is 0 Å². The van der Waals surface area contributed by atoms with Crippen molar-refractivity contribution in [1.82, 2.24) is 0 Å². The molecule has 0 bridgehead atoms. The van der Waals surface area contributed by atoms with Crippen molar-refractivity contribution in [3.05, 3.63) is 131 Å². The number of ketones is 2. The van der Waals surface area contributed by atoms with Gasteiger partial charge in [-0.15, -0.1) is 0 Å². The van der Waals surface area contributed by atoms with Crippen molar-refractivity contribution in [3.8, 4) is 0 Å². The smallest absolute Gasteiger partial charge is 0.744 e. The van der Waals surface area contributed by atoms with Gasteiger partial charge in [0, 0.05) is 22.3 Å². The summed E-state index contributed by atoms with van der Waals surface area (Å²) < 4.78 is 66.5. The third-order valence-electron chi connectivity index (χ3n) is 4.87. The van der Waals surface area contributed by atoms with E-state index in [1.165, 1.54) is 36.4 Å². The van der Waals surface area contributed by atoms with Gasteiger partial charge in [-0.25, -0.2) is 16.8 Å². The molecule has 200 valence electrons. The second-order valence-electron chi connectivity index (χ2n) is 7.29. The predicted octanol–water partition coefficient (Wildman–Crippen LogP) is 2.82. The second kappa shape index (κ2) is 13.9. The van der Waals surface area contributed by atoms with Crippen LogP contribution in [0.5, 0.6) is 0 Å². The van der Waals surface area contributed by atoms with Gasteiger partial charge in [0.15, 0.2) is 11.6 Å². The van der Waals surface area contributed by atoms with E-state index in [1.54, 1.807) is 60.7 Å². The van der Waals surface area contributed by atoms with Crippen molar-refractivity contribution in [3.63, 3.8) is 0 Å². The van der Waals surface area contributed by atoms with Crippen LogP contribution >= 0.6 is 0 Å². The molecule has 0 aliphatic carbocycles. The molecule has 0 radical (unpaired) electrons. The van der Waals surface area contributed by atoms with Gasteiger partial charge in [0.05, 0.1) is 9.79 Å². The second-order valence-corrected chi connectivity index (χ2v) is 9.99. The van der Waals surface area contributed by atoms with Crippen LogP contribution in [-0.4, -0.2) is 43.0 Å². The fraction of sp³-hybridized carbons (Fsp3) is 0. The molecule has 12 heteroatoms. The van der Waals surface area contributed by atoms with Gasteiger partial charge in [0.25, 0.3) is 0 Å². The van der Waals surface area contributed by atoms with E-state index < -0.39 is 41.6 Å². The minimum Gasteiger partial charge on any atom is -0.744 e. The van der Waals surface area contributed by atoms with Crippen LogP contribution in [0.15, 0.2) is 119 Å². The van der Waals surface area contributed by atoms with Gasteiger partial charge in [0.2, 0.25) is 0 Å². The van der Waals surface area contributed by atoms with Gasteiger partial charge in [-0.05, 0) is 24.3 Å². The van der Waals surface area contributed by atoms with E-state index in [0.717, 1.165) is 12.1 Å². The SMILES string of the molecule is O.O=C(c1ccccc1)c1ccccc1S(=O)(=O)[O-].O=C(c1ccccc1)c1ccccc1S(=O)(=O)[O-].[Ni+2].